The van der Waals surface area contributed by atoms with Crippen LogP contribution in [0.15, 0.2) is 28.4 Å². The molecule has 0 aliphatic carbocycles. The molecule has 0 radical (unpaired) electrons. The lowest BCUT2D eigenvalue weighted by Gasteiger charge is -2.25. The first-order valence-corrected chi connectivity index (χ1v) is 12.4. The third kappa shape index (κ3) is 9.46. The second-order valence-electron chi connectivity index (χ2n) is 7.79. The van der Waals surface area contributed by atoms with Gasteiger partial charge in [-0.25, -0.2) is 9.59 Å². The molecule has 1 aromatic heterocycles. The van der Waals surface area contributed by atoms with Gasteiger partial charge in [0.15, 0.2) is 5.00 Å². The van der Waals surface area contributed by atoms with Gasteiger partial charge in [-0.3, -0.25) is 0 Å². The van der Waals surface area contributed by atoms with Crippen molar-refractivity contribution in [3.63, 3.8) is 0 Å². The summed E-state index contributed by atoms with van der Waals surface area (Å²) in [6, 6.07) is 5.50. The smallest absolute Gasteiger partial charge is 0.346 e. The maximum absolute atomic E-state index is 11.6. The van der Waals surface area contributed by atoms with Gasteiger partial charge in [0.05, 0.1) is 58.5 Å². The number of hydrogen-bond acceptors (Lipinski definition) is 11. The zero-order valence-electron chi connectivity index (χ0n) is 20.9. The summed E-state index contributed by atoms with van der Waals surface area (Å²) in [5.74, 6) is -2.47. The fourth-order valence-electron chi connectivity index (χ4n) is 3.34. The van der Waals surface area contributed by atoms with Gasteiger partial charge in [0.2, 0.25) is 0 Å². The molecule has 2 rings (SSSR count). The molecular weight excluding hydrogens is 506 g/mol. The van der Waals surface area contributed by atoms with Gasteiger partial charge in [-0.1, -0.05) is 0 Å². The first-order valence-electron chi connectivity index (χ1n) is 11.6. The van der Waals surface area contributed by atoms with E-state index >= 15 is 0 Å². The molecule has 0 atom stereocenters. The van der Waals surface area contributed by atoms with Crippen LogP contribution < -0.4 is 4.90 Å². The SMILES string of the molecule is Cc1cc(N(CCOCCO)CCOCCOCCO)ccc1N=Nc1sc(C(=O)O)c(C)c1C(=O)O. The Labute approximate surface area is 218 Å². The zero-order chi connectivity index (χ0) is 27.2. The average Bonchev–Trinajstić information content (AvgIpc) is 3.20. The van der Waals surface area contributed by atoms with Crippen molar-refractivity contribution in [2.75, 3.05) is 70.8 Å². The molecule has 0 saturated carbocycles. The highest BCUT2D eigenvalue weighted by Gasteiger charge is 2.24. The first-order chi connectivity index (χ1) is 17.8. The zero-order valence-corrected chi connectivity index (χ0v) is 21.7. The van der Waals surface area contributed by atoms with Crippen LogP contribution in [0, 0.1) is 13.8 Å². The normalized spacial score (nSPS) is 11.4. The van der Waals surface area contributed by atoms with Crippen LogP contribution in [0.5, 0.6) is 0 Å². The van der Waals surface area contributed by atoms with Crippen molar-refractivity contribution in [2.24, 2.45) is 10.2 Å². The van der Waals surface area contributed by atoms with E-state index < -0.39 is 11.9 Å². The molecule has 12 nitrogen and oxygen atoms in total. The minimum atomic E-state index is -1.26. The maximum Gasteiger partial charge on any atom is 0.346 e. The number of rotatable bonds is 18. The summed E-state index contributed by atoms with van der Waals surface area (Å²) >= 11 is 0.770. The Morgan fingerprint density at radius 1 is 0.865 bits per heavy atom. The highest BCUT2D eigenvalue weighted by Crippen LogP contribution is 2.37. The predicted molar refractivity (Wildman–Crippen MR) is 137 cm³/mol. The number of anilines is 1. The van der Waals surface area contributed by atoms with E-state index in [1.165, 1.54) is 6.92 Å². The van der Waals surface area contributed by atoms with Crippen LogP contribution in [-0.4, -0.2) is 98.3 Å². The van der Waals surface area contributed by atoms with Crippen LogP contribution >= 0.6 is 11.3 Å². The number of hydrogen-bond donors (Lipinski definition) is 4. The maximum atomic E-state index is 11.6. The lowest BCUT2D eigenvalue weighted by molar-refractivity contribution is 0.0347. The molecule has 0 spiro atoms. The average molecular weight is 540 g/mol. The number of nitrogens with zero attached hydrogens (tertiary/aromatic N) is 3. The number of aromatic carboxylic acids is 2. The van der Waals surface area contributed by atoms with Crippen molar-refractivity contribution in [3.8, 4) is 0 Å². The summed E-state index contributed by atoms with van der Waals surface area (Å²) in [6.45, 7) is 6.45. The number of carboxylic acids is 2. The van der Waals surface area contributed by atoms with Crippen LogP contribution in [0.1, 0.15) is 31.2 Å². The van der Waals surface area contributed by atoms with Gasteiger partial charge in [-0.2, -0.15) is 0 Å². The van der Waals surface area contributed by atoms with Crippen LogP contribution in [0.25, 0.3) is 0 Å². The molecule has 0 amide bonds. The van der Waals surface area contributed by atoms with E-state index in [1.807, 2.05) is 19.1 Å². The van der Waals surface area contributed by atoms with Gasteiger partial charge >= 0.3 is 11.9 Å². The minimum Gasteiger partial charge on any atom is -0.478 e. The summed E-state index contributed by atoms with van der Waals surface area (Å²) in [5, 5.41) is 44.7. The van der Waals surface area contributed by atoms with E-state index in [-0.39, 0.29) is 47.4 Å². The number of ether oxygens (including phenoxy) is 3. The fourth-order valence-corrected chi connectivity index (χ4v) is 4.30. The minimum absolute atomic E-state index is 0.0219. The van der Waals surface area contributed by atoms with Crippen LogP contribution in [0.4, 0.5) is 16.4 Å². The van der Waals surface area contributed by atoms with E-state index in [4.69, 9.17) is 24.4 Å². The molecule has 0 saturated heterocycles. The van der Waals surface area contributed by atoms with Crippen molar-refractivity contribution >= 4 is 39.7 Å². The van der Waals surface area contributed by atoms with Crippen LogP contribution in [-0.2, 0) is 14.2 Å². The molecule has 37 heavy (non-hydrogen) atoms. The number of aliphatic hydroxyl groups excluding tert-OH is 2. The van der Waals surface area contributed by atoms with Crippen molar-refractivity contribution in [3.05, 3.63) is 39.8 Å². The van der Waals surface area contributed by atoms with Gasteiger partial charge in [-0.05, 0) is 43.2 Å². The fraction of sp³-hybridized carbons (Fsp3) is 0.500. The molecular formula is C24H33N3O9S. The second-order valence-corrected chi connectivity index (χ2v) is 8.79. The number of thiophene rings is 1. The quantitative estimate of drug-likeness (QED) is 0.163. The third-order valence-electron chi connectivity index (χ3n) is 5.18. The Bertz CT molecular complexity index is 1060. The summed E-state index contributed by atoms with van der Waals surface area (Å²) < 4.78 is 16.2. The number of azo groups is 1. The van der Waals surface area contributed by atoms with Gasteiger partial charge in [0.1, 0.15) is 10.4 Å². The Morgan fingerprint density at radius 2 is 1.46 bits per heavy atom. The molecule has 2 aromatic rings. The third-order valence-corrected chi connectivity index (χ3v) is 6.35. The molecule has 1 heterocycles. The van der Waals surface area contributed by atoms with Gasteiger partial charge < -0.3 is 39.5 Å². The molecule has 204 valence electrons. The van der Waals surface area contributed by atoms with Crippen molar-refractivity contribution in [2.45, 2.75) is 13.8 Å². The Kier molecular flexibility index (Phi) is 13.1. The number of benzene rings is 1. The molecule has 0 aliphatic rings. The van der Waals surface area contributed by atoms with E-state index in [1.54, 1.807) is 6.07 Å². The van der Waals surface area contributed by atoms with Gasteiger partial charge in [0, 0.05) is 18.8 Å². The van der Waals surface area contributed by atoms with E-state index in [2.05, 4.69) is 15.1 Å². The summed E-state index contributed by atoms with van der Waals surface area (Å²) in [4.78, 5) is 25.0. The molecule has 0 fully saturated rings. The Balaban J connectivity index is 2.14. The summed E-state index contributed by atoms with van der Waals surface area (Å²) in [5.41, 5.74) is 2.15. The Morgan fingerprint density at radius 3 is 2.00 bits per heavy atom. The number of aryl methyl sites for hydroxylation is 1. The van der Waals surface area contributed by atoms with Gasteiger partial charge in [0.25, 0.3) is 0 Å². The van der Waals surface area contributed by atoms with E-state index in [0.717, 1.165) is 22.6 Å². The van der Waals surface area contributed by atoms with E-state index in [0.29, 0.717) is 45.2 Å². The molecule has 1 aromatic carbocycles. The van der Waals surface area contributed by atoms with Crippen LogP contribution in [0.2, 0.25) is 0 Å². The lowest BCUT2D eigenvalue weighted by Crippen LogP contribution is -2.31. The molecule has 13 heteroatoms. The second kappa shape index (κ2) is 16.0. The highest BCUT2D eigenvalue weighted by molar-refractivity contribution is 7.18. The van der Waals surface area contributed by atoms with Crippen LogP contribution in [0.3, 0.4) is 0 Å². The van der Waals surface area contributed by atoms with Crippen molar-refractivity contribution < 1.29 is 44.2 Å². The molecule has 0 aliphatic heterocycles. The van der Waals surface area contributed by atoms with Crippen molar-refractivity contribution in [1.82, 2.24) is 0 Å². The number of aliphatic hydroxyl groups is 2. The molecule has 0 bridgehead atoms. The monoisotopic (exact) mass is 539 g/mol. The van der Waals surface area contributed by atoms with Crippen molar-refractivity contribution in [1.29, 1.82) is 0 Å². The number of carbonyl (C=O) groups is 2. The van der Waals surface area contributed by atoms with Gasteiger partial charge in [-0.15, -0.1) is 21.6 Å². The molecule has 0 unspecified atom stereocenters. The summed E-state index contributed by atoms with van der Waals surface area (Å²) in [7, 11) is 0. The predicted octanol–water partition coefficient (Wildman–Crippen LogP) is 3.02. The summed E-state index contributed by atoms with van der Waals surface area (Å²) in [6.07, 6.45) is 0. The largest absolute Gasteiger partial charge is 0.478 e. The highest BCUT2D eigenvalue weighted by atomic mass is 32.1. The van der Waals surface area contributed by atoms with E-state index in [9.17, 15) is 19.8 Å². The standard InChI is InChI=1S/C24H33N3O9S/c1-16-15-18(27(5-9-34-11-7-28)6-10-35-13-14-36-12-8-29)3-4-19(16)25-26-22-20(23(30)31)17(2)21(37-22)24(32)33/h3-4,15,28-29H,5-14H2,1-2H3,(H,30,31)(H,32,33). The first kappa shape index (κ1) is 30.3. The topological polar surface area (TPSA) is 171 Å². The lowest BCUT2D eigenvalue weighted by atomic mass is 10.1. The number of carboxylic acid groups (broad SMARTS) is 2. The molecule has 4 N–H and O–H groups in total. The Hall–Kier alpha value is -2.94.